The molecule has 1 aliphatic rings. The van der Waals surface area contributed by atoms with Crippen LogP contribution in [0.5, 0.6) is 11.5 Å². The van der Waals surface area contributed by atoms with Crippen LogP contribution in [0.25, 0.3) is 10.8 Å². The van der Waals surface area contributed by atoms with E-state index in [1.165, 1.54) is 24.3 Å². The van der Waals surface area contributed by atoms with Crippen molar-refractivity contribution in [2.24, 2.45) is 5.92 Å². The molecular weight excluding hydrogens is 417 g/mol. The van der Waals surface area contributed by atoms with Crippen molar-refractivity contribution in [3.8, 4) is 11.5 Å². The molecule has 0 unspecified atom stereocenters. The molecule has 1 amide bonds. The minimum Gasteiger partial charge on any atom is -0.457 e. The lowest BCUT2D eigenvalue weighted by molar-refractivity contribution is 0.0174. The summed E-state index contributed by atoms with van der Waals surface area (Å²) in [5, 5.41) is 4.71. The van der Waals surface area contributed by atoms with Crippen LogP contribution in [-0.2, 0) is 5.92 Å². The van der Waals surface area contributed by atoms with Crippen LogP contribution in [0.3, 0.4) is 0 Å². The lowest BCUT2D eigenvalue weighted by atomic mass is 9.98. The smallest absolute Gasteiger partial charge is 0.270 e. The number of ether oxygens (including phenoxy) is 1. The molecule has 0 aliphatic carbocycles. The molecule has 4 nitrogen and oxygen atoms in total. The van der Waals surface area contributed by atoms with Crippen molar-refractivity contribution in [2.75, 3.05) is 32.9 Å². The van der Waals surface area contributed by atoms with E-state index in [0.29, 0.717) is 49.2 Å². The van der Waals surface area contributed by atoms with Crippen molar-refractivity contribution >= 4 is 16.7 Å². The van der Waals surface area contributed by atoms with Crippen LogP contribution in [0.4, 0.5) is 13.2 Å². The molecule has 0 saturated carbocycles. The first-order chi connectivity index (χ1) is 15.3. The van der Waals surface area contributed by atoms with E-state index in [1.807, 2.05) is 24.3 Å². The van der Waals surface area contributed by atoms with E-state index < -0.39 is 12.6 Å². The van der Waals surface area contributed by atoms with Gasteiger partial charge in [-0.3, -0.25) is 4.79 Å². The predicted octanol–water partition coefficient (Wildman–Crippen LogP) is 5.37. The lowest BCUT2D eigenvalue weighted by Crippen LogP contribution is -2.53. The molecule has 168 valence electrons. The van der Waals surface area contributed by atoms with Crippen molar-refractivity contribution < 1.29 is 22.7 Å². The van der Waals surface area contributed by atoms with Crippen LogP contribution in [0, 0.1) is 5.92 Å². The van der Waals surface area contributed by atoms with E-state index in [2.05, 4.69) is 5.32 Å². The summed E-state index contributed by atoms with van der Waals surface area (Å²) in [4.78, 5) is 14.6. The molecule has 1 heterocycles. The van der Waals surface area contributed by atoms with Crippen LogP contribution in [0.2, 0.25) is 0 Å². The molecule has 0 spiro atoms. The Morgan fingerprint density at radius 2 is 1.88 bits per heavy atom. The van der Waals surface area contributed by atoms with Gasteiger partial charge in [0.25, 0.3) is 11.8 Å². The highest BCUT2D eigenvalue weighted by Gasteiger charge is 2.30. The Labute approximate surface area is 185 Å². The fourth-order valence-electron chi connectivity index (χ4n) is 3.84. The van der Waals surface area contributed by atoms with Crippen LogP contribution in [-0.4, -0.2) is 43.7 Å². The molecule has 0 radical (unpaired) electrons. The van der Waals surface area contributed by atoms with Gasteiger partial charge >= 0.3 is 0 Å². The number of fused-ring (bicyclic) bond motifs is 1. The summed E-state index contributed by atoms with van der Waals surface area (Å²) >= 11 is 0. The minimum absolute atomic E-state index is 0.0314. The summed E-state index contributed by atoms with van der Waals surface area (Å²) in [6, 6.07) is 16.7. The van der Waals surface area contributed by atoms with Crippen LogP contribution in [0.15, 0.2) is 60.7 Å². The number of alkyl halides is 3. The summed E-state index contributed by atoms with van der Waals surface area (Å²) < 4.78 is 44.9. The van der Waals surface area contributed by atoms with E-state index >= 15 is 0 Å². The van der Waals surface area contributed by atoms with Gasteiger partial charge in [-0.25, -0.2) is 13.2 Å². The summed E-state index contributed by atoms with van der Waals surface area (Å²) in [5.41, 5.74) is 0.525. The van der Waals surface area contributed by atoms with E-state index in [4.69, 9.17) is 4.74 Å². The summed E-state index contributed by atoms with van der Waals surface area (Å²) in [7, 11) is 0. The van der Waals surface area contributed by atoms with Gasteiger partial charge in [-0.05, 0) is 53.9 Å². The highest BCUT2D eigenvalue weighted by Crippen LogP contribution is 2.33. The Bertz CT molecular complexity index is 1090. The maximum absolute atomic E-state index is 13.4. The average molecular weight is 442 g/mol. The maximum atomic E-state index is 13.4. The summed E-state index contributed by atoms with van der Waals surface area (Å²) in [6.45, 7) is 2.84. The number of hydrogen-bond acceptors (Lipinski definition) is 3. The van der Waals surface area contributed by atoms with Gasteiger partial charge in [0, 0.05) is 55.5 Å². The van der Waals surface area contributed by atoms with E-state index in [1.54, 1.807) is 17.0 Å². The average Bonchev–Trinajstić information content (AvgIpc) is 2.74. The quantitative estimate of drug-likeness (QED) is 0.477. The molecule has 0 atom stereocenters. The van der Waals surface area contributed by atoms with Gasteiger partial charge in [-0.2, -0.15) is 0 Å². The first-order valence-corrected chi connectivity index (χ1v) is 10.6. The third-order valence-corrected chi connectivity index (χ3v) is 5.63. The number of benzene rings is 3. The second-order valence-corrected chi connectivity index (χ2v) is 8.18. The zero-order valence-electron chi connectivity index (χ0n) is 17.8. The molecule has 1 N–H and O–H groups in total. The molecule has 3 aromatic carbocycles. The molecule has 0 bridgehead atoms. The van der Waals surface area contributed by atoms with Crippen molar-refractivity contribution in [1.82, 2.24) is 10.2 Å². The van der Waals surface area contributed by atoms with Crippen molar-refractivity contribution in [3.05, 3.63) is 71.8 Å². The Morgan fingerprint density at radius 3 is 2.56 bits per heavy atom. The number of rotatable bonds is 8. The second-order valence-electron chi connectivity index (χ2n) is 8.18. The largest absolute Gasteiger partial charge is 0.457 e. The second kappa shape index (κ2) is 9.20. The molecule has 3 aromatic rings. The Hall–Kier alpha value is -3.06. The van der Waals surface area contributed by atoms with Crippen LogP contribution in [0.1, 0.15) is 22.8 Å². The predicted molar refractivity (Wildman–Crippen MR) is 118 cm³/mol. The Balaban J connectivity index is 1.45. The zero-order valence-corrected chi connectivity index (χ0v) is 17.8. The third kappa shape index (κ3) is 4.88. The van der Waals surface area contributed by atoms with Crippen molar-refractivity contribution in [2.45, 2.75) is 12.8 Å². The van der Waals surface area contributed by atoms with Crippen LogP contribution >= 0.6 is 0 Å². The fourth-order valence-corrected chi connectivity index (χ4v) is 3.84. The van der Waals surface area contributed by atoms with Crippen molar-refractivity contribution in [3.63, 3.8) is 0 Å². The highest BCUT2D eigenvalue weighted by molar-refractivity contribution is 6.00. The Kier molecular flexibility index (Phi) is 6.37. The molecular formula is C25H25F3N2O2. The molecule has 1 fully saturated rings. The Morgan fingerprint density at radius 1 is 1.12 bits per heavy atom. The molecule has 32 heavy (non-hydrogen) atoms. The number of likely N-dealkylation sites (tertiary alicyclic amines) is 1. The van der Waals surface area contributed by atoms with Gasteiger partial charge in [-0.1, -0.05) is 12.1 Å². The fraction of sp³-hybridized carbons (Fsp3) is 0.320. The molecule has 4 rings (SSSR count). The summed E-state index contributed by atoms with van der Waals surface area (Å²) in [5.74, 6) is -1.54. The number of halogens is 3. The molecule has 1 saturated heterocycles. The minimum atomic E-state index is -2.90. The standard InChI is InChI=1S/C25H25F3N2O2/c1-25(27,28)20-6-8-21(9-7-20)32-23-4-2-3-18-13-19(5-10-22(18)23)24(31)30-15-17(16-30)14-29-12-11-26/h2-10,13,17,29H,11-12,14-16H2,1H3. The number of carbonyl (C=O) groups excluding carboxylic acids is 1. The number of nitrogens with zero attached hydrogens (tertiary/aromatic N) is 1. The van der Waals surface area contributed by atoms with Crippen molar-refractivity contribution in [1.29, 1.82) is 0 Å². The van der Waals surface area contributed by atoms with Gasteiger partial charge in [0.05, 0.1) is 0 Å². The van der Waals surface area contributed by atoms with Gasteiger partial charge in [0.2, 0.25) is 0 Å². The maximum Gasteiger partial charge on any atom is 0.270 e. The number of amides is 1. The zero-order chi connectivity index (χ0) is 22.7. The van der Waals surface area contributed by atoms with Gasteiger partial charge in [-0.15, -0.1) is 0 Å². The van der Waals surface area contributed by atoms with Gasteiger partial charge in [0.1, 0.15) is 18.2 Å². The monoisotopic (exact) mass is 442 g/mol. The topological polar surface area (TPSA) is 41.6 Å². The molecule has 0 aromatic heterocycles. The number of hydrogen-bond donors (Lipinski definition) is 1. The van der Waals surface area contributed by atoms with Gasteiger partial charge in [0.15, 0.2) is 0 Å². The van der Waals surface area contributed by atoms with Crippen LogP contribution < -0.4 is 10.1 Å². The SMILES string of the molecule is CC(F)(F)c1ccc(Oc2cccc3cc(C(=O)N4CC(CNCCF)C4)ccc23)cc1. The third-order valence-electron chi connectivity index (χ3n) is 5.63. The lowest BCUT2D eigenvalue weighted by Gasteiger charge is -2.39. The first-order valence-electron chi connectivity index (χ1n) is 10.6. The normalized spacial score (nSPS) is 14.4. The summed E-state index contributed by atoms with van der Waals surface area (Å²) in [6.07, 6.45) is 0. The van der Waals surface area contributed by atoms with E-state index in [-0.39, 0.29) is 11.5 Å². The molecule has 7 heteroatoms. The number of carbonyl (C=O) groups is 1. The van der Waals surface area contributed by atoms with Gasteiger partial charge < -0.3 is 15.0 Å². The highest BCUT2D eigenvalue weighted by atomic mass is 19.3. The van der Waals surface area contributed by atoms with E-state index in [0.717, 1.165) is 17.7 Å². The first kappa shape index (κ1) is 22.1. The molecule has 1 aliphatic heterocycles. The number of nitrogens with one attached hydrogen (secondary N) is 1. The van der Waals surface area contributed by atoms with E-state index in [9.17, 15) is 18.0 Å².